The van der Waals surface area contributed by atoms with Crippen molar-refractivity contribution in [2.45, 2.75) is 38.3 Å². The van der Waals surface area contributed by atoms with E-state index in [0.717, 1.165) is 13.0 Å². The van der Waals surface area contributed by atoms with E-state index in [2.05, 4.69) is 5.32 Å². The molecular formula is C11H19NO3. The van der Waals surface area contributed by atoms with Gasteiger partial charge in [-0.3, -0.25) is 4.79 Å². The van der Waals surface area contributed by atoms with Crippen LogP contribution < -0.4 is 5.32 Å². The zero-order valence-electron chi connectivity index (χ0n) is 9.32. The fourth-order valence-corrected chi connectivity index (χ4v) is 2.61. The van der Waals surface area contributed by atoms with Gasteiger partial charge in [0.1, 0.15) is 0 Å². The topological polar surface area (TPSA) is 58.6 Å². The Morgan fingerprint density at radius 2 is 2.27 bits per heavy atom. The zero-order valence-corrected chi connectivity index (χ0v) is 9.32. The molecule has 1 heterocycles. The number of hydrogen-bond acceptors (Lipinski definition) is 3. The first-order valence-electron chi connectivity index (χ1n) is 5.57. The third-order valence-corrected chi connectivity index (χ3v) is 3.90. The predicted octanol–water partition coefficient (Wildman–Crippen LogP) is 0.864. The first-order chi connectivity index (χ1) is 7.08. The van der Waals surface area contributed by atoms with E-state index in [4.69, 9.17) is 9.84 Å². The molecule has 15 heavy (non-hydrogen) atoms. The quantitative estimate of drug-likeness (QED) is 0.727. The molecule has 1 aliphatic carbocycles. The van der Waals surface area contributed by atoms with Gasteiger partial charge < -0.3 is 15.2 Å². The largest absolute Gasteiger partial charge is 0.481 e. The second-order valence-electron chi connectivity index (χ2n) is 5.02. The van der Waals surface area contributed by atoms with E-state index in [1.54, 1.807) is 14.0 Å². The molecule has 86 valence electrons. The molecule has 2 rings (SSSR count). The Bertz CT molecular complexity index is 263. The molecule has 1 spiro atoms. The summed E-state index contributed by atoms with van der Waals surface area (Å²) in [7, 11) is 1.60. The van der Waals surface area contributed by atoms with Crippen molar-refractivity contribution in [3.05, 3.63) is 0 Å². The average molecular weight is 213 g/mol. The van der Waals surface area contributed by atoms with Crippen molar-refractivity contribution in [2.24, 2.45) is 11.3 Å². The van der Waals surface area contributed by atoms with Gasteiger partial charge in [0.25, 0.3) is 0 Å². The second-order valence-corrected chi connectivity index (χ2v) is 5.02. The number of hydrogen-bond donors (Lipinski definition) is 2. The number of ether oxygens (including phenoxy) is 1. The minimum absolute atomic E-state index is 0.206. The van der Waals surface area contributed by atoms with E-state index in [9.17, 15) is 4.79 Å². The van der Waals surface area contributed by atoms with E-state index in [0.29, 0.717) is 5.41 Å². The average Bonchev–Trinajstić information content (AvgIpc) is 2.81. The molecule has 1 saturated heterocycles. The van der Waals surface area contributed by atoms with Crippen LogP contribution in [0.3, 0.4) is 0 Å². The van der Waals surface area contributed by atoms with Crippen LogP contribution in [0.1, 0.15) is 26.2 Å². The Kier molecular flexibility index (Phi) is 2.73. The SMILES string of the molecule is CO[C@@H]([C@@H]1CC2(CC2)CN1)[C@@H](C)C(=O)O. The molecule has 0 bridgehead atoms. The van der Waals surface area contributed by atoms with Gasteiger partial charge >= 0.3 is 5.97 Å². The molecule has 1 saturated carbocycles. The summed E-state index contributed by atoms with van der Waals surface area (Å²) >= 11 is 0. The number of carboxylic acid groups (broad SMARTS) is 1. The summed E-state index contributed by atoms with van der Waals surface area (Å²) in [6, 6.07) is 0.212. The maximum atomic E-state index is 10.9. The summed E-state index contributed by atoms with van der Waals surface area (Å²) in [5, 5.41) is 12.4. The summed E-state index contributed by atoms with van der Waals surface area (Å²) in [4.78, 5) is 10.9. The number of carboxylic acids is 1. The number of aliphatic carboxylic acids is 1. The Hall–Kier alpha value is -0.610. The van der Waals surface area contributed by atoms with Crippen LogP contribution in [0.2, 0.25) is 0 Å². The Labute approximate surface area is 90.0 Å². The van der Waals surface area contributed by atoms with Crippen molar-refractivity contribution in [1.29, 1.82) is 0 Å². The lowest BCUT2D eigenvalue weighted by Crippen LogP contribution is -2.43. The number of nitrogens with one attached hydrogen (secondary N) is 1. The summed E-state index contributed by atoms with van der Waals surface area (Å²) < 4.78 is 5.34. The van der Waals surface area contributed by atoms with Crippen molar-refractivity contribution in [3.8, 4) is 0 Å². The van der Waals surface area contributed by atoms with E-state index in [-0.39, 0.29) is 12.1 Å². The molecule has 2 aliphatic rings. The molecule has 2 N–H and O–H groups in total. The molecule has 0 aromatic heterocycles. The summed E-state index contributed by atoms with van der Waals surface area (Å²) in [6.07, 6.45) is 3.44. The maximum absolute atomic E-state index is 10.9. The lowest BCUT2D eigenvalue weighted by molar-refractivity contribution is -0.146. The highest BCUT2D eigenvalue weighted by atomic mass is 16.5. The van der Waals surface area contributed by atoms with Crippen LogP contribution in [0.5, 0.6) is 0 Å². The normalized spacial score (nSPS) is 31.5. The zero-order chi connectivity index (χ0) is 11.1. The monoisotopic (exact) mass is 213 g/mol. The molecule has 4 heteroatoms. The summed E-state index contributed by atoms with van der Waals surface area (Å²) in [5.41, 5.74) is 0.486. The fourth-order valence-electron chi connectivity index (χ4n) is 2.61. The van der Waals surface area contributed by atoms with Crippen LogP contribution >= 0.6 is 0 Å². The summed E-state index contributed by atoms with van der Waals surface area (Å²) in [5.74, 6) is -1.22. The highest BCUT2D eigenvalue weighted by Crippen LogP contribution is 2.52. The second kappa shape index (κ2) is 3.76. The first-order valence-corrected chi connectivity index (χ1v) is 5.57. The molecule has 0 radical (unpaired) electrons. The van der Waals surface area contributed by atoms with Crippen LogP contribution in [-0.4, -0.2) is 36.9 Å². The first kappa shape index (κ1) is 10.9. The van der Waals surface area contributed by atoms with Crippen molar-refractivity contribution < 1.29 is 14.6 Å². The van der Waals surface area contributed by atoms with Gasteiger partial charge in [-0.2, -0.15) is 0 Å². The smallest absolute Gasteiger partial charge is 0.308 e. The third kappa shape index (κ3) is 2.01. The Morgan fingerprint density at radius 3 is 2.67 bits per heavy atom. The van der Waals surface area contributed by atoms with Crippen molar-refractivity contribution in [2.75, 3.05) is 13.7 Å². The molecule has 0 amide bonds. The van der Waals surface area contributed by atoms with Gasteiger partial charge in [0, 0.05) is 19.7 Å². The van der Waals surface area contributed by atoms with Gasteiger partial charge in [0.15, 0.2) is 0 Å². The van der Waals surface area contributed by atoms with Crippen LogP contribution in [0, 0.1) is 11.3 Å². The molecule has 1 aliphatic heterocycles. The lowest BCUT2D eigenvalue weighted by Gasteiger charge is -2.25. The number of rotatable bonds is 4. The van der Waals surface area contributed by atoms with E-state index in [1.165, 1.54) is 12.8 Å². The minimum atomic E-state index is -0.777. The fraction of sp³-hybridized carbons (Fsp3) is 0.909. The van der Waals surface area contributed by atoms with Gasteiger partial charge in [-0.1, -0.05) is 0 Å². The third-order valence-electron chi connectivity index (χ3n) is 3.90. The van der Waals surface area contributed by atoms with Gasteiger partial charge in [-0.25, -0.2) is 0 Å². The van der Waals surface area contributed by atoms with Crippen molar-refractivity contribution >= 4 is 5.97 Å². The molecule has 0 aromatic rings. The Morgan fingerprint density at radius 1 is 1.60 bits per heavy atom. The molecule has 2 fully saturated rings. The molecular weight excluding hydrogens is 194 g/mol. The molecule has 3 atom stereocenters. The number of methoxy groups -OCH3 is 1. The van der Waals surface area contributed by atoms with Crippen molar-refractivity contribution in [3.63, 3.8) is 0 Å². The highest BCUT2D eigenvalue weighted by Gasteiger charge is 2.51. The number of carbonyl (C=O) groups is 1. The van der Waals surface area contributed by atoms with Gasteiger partial charge in [0.2, 0.25) is 0 Å². The lowest BCUT2D eigenvalue weighted by atomic mass is 9.93. The predicted molar refractivity (Wildman–Crippen MR) is 55.7 cm³/mol. The van der Waals surface area contributed by atoms with E-state index in [1.807, 2.05) is 0 Å². The maximum Gasteiger partial charge on any atom is 0.308 e. The molecule has 0 aromatic carbocycles. The van der Waals surface area contributed by atoms with Crippen LogP contribution in [0.25, 0.3) is 0 Å². The van der Waals surface area contributed by atoms with Crippen molar-refractivity contribution in [1.82, 2.24) is 5.32 Å². The molecule has 4 nitrogen and oxygen atoms in total. The van der Waals surface area contributed by atoms with Gasteiger partial charge in [0.05, 0.1) is 12.0 Å². The highest BCUT2D eigenvalue weighted by molar-refractivity contribution is 5.70. The van der Waals surface area contributed by atoms with Crippen LogP contribution in [0.15, 0.2) is 0 Å². The van der Waals surface area contributed by atoms with E-state index >= 15 is 0 Å². The standard InChI is InChI=1S/C11H19NO3/c1-7(10(13)14)9(15-2)8-5-11(3-4-11)6-12-8/h7-9,12H,3-6H2,1-2H3,(H,13,14)/t7-,8+,9-/m1/s1. The Balaban J connectivity index is 1.97. The van der Waals surface area contributed by atoms with Gasteiger partial charge in [-0.05, 0) is 31.6 Å². The molecule has 0 unspecified atom stereocenters. The van der Waals surface area contributed by atoms with Crippen LogP contribution in [0.4, 0.5) is 0 Å². The van der Waals surface area contributed by atoms with Crippen LogP contribution in [-0.2, 0) is 9.53 Å². The minimum Gasteiger partial charge on any atom is -0.481 e. The van der Waals surface area contributed by atoms with Gasteiger partial charge in [-0.15, -0.1) is 0 Å². The summed E-state index contributed by atoms with van der Waals surface area (Å²) in [6.45, 7) is 2.75. The van der Waals surface area contributed by atoms with E-state index < -0.39 is 11.9 Å².